The van der Waals surface area contributed by atoms with Crippen molar-refractivity contribution in [2.24, 2.45) is 0 Å². The van der Waals surface area contributed by atoms with Crippen LogP contribution in [0.3, 0.4) is 0 Å². The lowest BCUT2D eigenvalue weighted by molar-refractivity contribution is 0.103. The molecule has 13 heteroatoms. The highest BCUT2D eigenvalue weighted by Gasteiger charge is 2.21. The van der Waals surface area contributed by atoms with Crippen LogP contribution in [0.2, 0.25) is 5.02 Å². The van der Waals surface area contributed by atoms with E-state index < -0.39 is 21.6 Å². The molecule has 0 saturated carbocycles. The summed E-state index contributed by atoms with van der Waals surface area (Å²) >= 11 is 6.15. The van der Waals surface area contributed by atoms with E-state index in [1.807, 2.05) is 6.92 Å². The molecule has 0 atom stereocenters. The minimum Gasteiger partial charge on any atom is -0.437 e. The van der Waals surface area contributed by atoms with Gasteiger partial charge in [-0.05, 0) is 36.8 Å². The van der Waals surface area contributed by atoms with E-state index in [0.717, 1.165) is 17.9 Å². The maximum absolute atomic E-state index is 14.4. The number of aromatic amines is 1. The molecular weight excluding hydrogens is 535 g/mol. The number of halogens is 2. The Morgan fingerprint density at radius 3 is 2.66 bits per heavy atom. The summed E-state index contributed by atoms with van der Waals surface area (Å²) in [6.45, 7) is 1.81. The van der Waals surface area contributed by atoms with Crippen LogP contribution in [0, 0.1) is 12.7 Å². The van der Waals surface area contributed by atoms with Crippen LogP contribution in [0.1, 0.15) is 21.6 Å². The summed E-state index contributed by atoms with van der Waals surface area (Å²) in [6.07, 6.45) is 3.76. The zero-order valence-corrected chi connectivity index (χ0v) is 21.6. The Kier molecular flexibility index (Phi) is 6.29. The number of pyridine rings is 1. The number of rotatable bonds is 7. The van der Waals surface area contributed by atoms with Gasteiger partial charge >= 0.3 is 0 Å². The van der Waals surface area contributed by atoms with Gasteiger partial charge in [0.15, 0.2) is 0 Å². The van der Waals surface area contributed by atoms with E-state index in [2.05, 4.69) is 19.8 Å². The Bertz CT molecular complexity index is 1830. The third kappa shape index (κ3) is 4.91. The fourth-order valence-corrected chi connectivity index (χ4v) is 4.60. The number of anilines is 2. The van der Waals surface area contributed by atoms with Gasteiger partial charge in [-0.3, -0.25) is 9.52 Å². The molecule has 10 nitrogen and oxygen atoms in total. The largest absolute Gasteiger partial charge is 0.437 e. The highest BCUT2D eigenvalue weighted by Crippen LogP contribution is 2.30. The molecule has 0 unspecified atom stereocenters. The Labute approximate surface area is 221 Å². The second-order valence-electron chi connectivity index (χ2n) is 8.50. The fourth-order valence-electron chi connectivity index (χ4n) is 3.87. The lowest BCUT2D eigenvalue weighted by Crippen LogP contribution is -2.10. The number of para-hydroxylation sites is 1. The number of carbonyl (C=O) groups is 1. The normalized spacial score (nSPS) is 11.6. The van der Waals surface area contributed by atoms with Gasteiger partial charge in [-0.25, -0.2) is 22.5 Å². The zero-order chi connectivity index (χ0) is 27.2. The first-order chi connectivity index (χ1) is 18.0. The highest BCUT2D eigenvalue weighted by atomic mass is 35.5. The smallest absolute Gasteiger partial charge is 0.229 e. The van der Waals surface area contributed by atoms with Crippen LogP contribution in [-0.4, -0.2) is 40.2 Å². The first-order valence-corrected chi connectivity index (χ1v) is 13.3. The summed E-state index contributed by atoms with van der Waals surface area (Å²) in [5, 5.41) is 5.14. The lowest BCUT2D eigenvalue weighted by Gasteiger charge is -2.11. The number of ether oxygens (including phenoxy) is 1. The molecule has 2 aromatic carbocycles. The van der Waals surface area contributed by atoms with Crippen LogP contribution in [-0.2, 0) is 10.0 Å². The molecule has 0 amide bonds. The van der Waals surface area contributed by atoms with Crippen molar-refractivity contribution in [1.29, 1.82) is 0 Å². The van der Waals surface area contributed by atoms with Gasteiger partial charge in [0.25, 0.3) is 0 Å². The van der Waals surface area contributed by atoms with Crippen LogP contribution in [0.5, 0.6) is 11.6 Å². The van der Waals surface area contributed by atoms with Crippen molar-refractivity contribution in [2.75, 3.05) is 16.7 Å². The SMILES string of the molecule is Cc1cc(Oc2ccccc2Cl)ncc1-n1ncc(C(=O)c2cc3cc(NS(C)(=O)=O)c(F)cc3[nH]2)c1N. The predicted molar refractivity (Wildman–Crippen MR) is 142 cm³/mol. The number of carbonyl (C=O) groups excluding carboxylic acids is 1. The molecule has 0 radical (unpaired) electrons. The van der Waals surface area contributed by atoms with Crippen molar-refractivity contribution < 1.29 is 22.3 Å². The van der Waals surface area contributed by atoms with Crippen LogP contribution in [0.25, 0.3) is 16.6 Å². The van der Waals surface area contributed by atoms with E-state index in [4.69, 9.17) is 22.1 Å². The third-order valence-corrected chi connectivity index (χ3v) is 6.54. The Balaban J connectivity index is 1.43. The number of H-pyrrole nitrogens is 1. The van der Waals surface area contributed by atoms with Gasteiger partial charge in [0.2, 0.25) is 21.7 Å². The summed E-state index contributed by atoms with van der Waals surface area (Å²) in [7, 11) is -3.69. The van der Waals surface area contributed by atoms with Gasteiger partial charge in [-0.2, -0.15) is 5.10 Å². The summed E-state index contributed by atoms with van der Waals surface area (Å²) in [5.74, 6) is -0.425. The number of nitrogens with two attached hydrogens (primary N) is 1. The molecule has 0 saturated heterocycles. The number of fused-ring (bicyclic) bond motifs is 1. The van der Waals surface area contributed by atoms with Gasteiger partial charge in [-0.1, -0.05) is 23.7 Å². The number of nitrogens with zero attached hydrogens (tertiary/aromatic N) is 3. The first kappa shape index (κ1) is 25.2. The number of nitrogen functional groups attached to an aromatic ring is 1. The number of benzene rings is 2. The van der Waals surface area contributed by atoms with Gasteiger partial charge in [0, 0.05) is 23.0 Å². The monoisotopic (exact) mass is 554 g/mol. The molecule has 3 aromatic heterocycles. The van der Waals surface area contributed by atoms with Gasteiger partial charge in [0.05, 0.1) is 46.3 Å². The van der Waals surface area contributed by atoms with Gasteiger partial charge < -0.3 is 15.5 Å². The number of hydrogen-bond donors (Lipinski definition) is 3. The van der Waals surface area contributed by atoms with E-state index in [1.165, 1.54) is 29.2 Å². The minimum atomic E-state index is -3.69. The van der Waals surface area contributed by atoms with E-state index in [0.29, 0.717) is 33.2 Å². The van der Waals surface area contributed by atoms with Gasteiger partial charge in [0.1, 0.15) is 17.4 Å². The lowest BCUT2D eigenvalue weighted by atomic mass is 10.1. The summed E-state index contributed by atoms with van der Waals surface area (Å²) in [5.41, 5.74) is 7.87. The second-order valence-corrected chi connectivity index (χ2v) is 10.7. The van der Waals surface area contributed by atoms with Crippen molar-refractivity contribution in [1.82, 2.24) is 19.7 Å². The maximum atomic E-state index is 14.4. The Hall–Kier alpha value is -4.42. The molecule has 5 aromatic rings. The quantitative estimate of drug-likeness (QED) is 0.244. The second kappa shape index (κ2) is 9.47. The molecule has 3 heterocycles. The number of hydrogen-bond acceptors (Lipinski definition) is 7. The van der Waals surface area contributed by atoms with E-state index >= 15 is 0 Å². The van der Waals surface area contributed by atoms with Crippen LogP contribution in [0.15, 0.2) is 60.9 Å². The summed E-state index contributed by atoms with van der Waals surface area (Å²) < 4.78 is 46.6. The number of ketones is 1. The molecule has 194 valence electrons. The molecule has 0 aliphatic heterocycles. The Morgan fingerprint density at radius 2 is 1.95 bits per heavy atom. The molecule has 0 aliphatic carbocycles. The van der Waals surface area contributed by atoms with Crippen LogP contribution < -0.4 is 15.2 Å². The Morgan fingerprint density at radius 1 is 1.18 bits per heavy atom. The molecule has 0 spiro atoms. The van der Waals surface area contributed by atoms with Crippen molar-refractivity contribution in [2.45, 2.75) is 6.92 Å². The van der Waals surface area contributed by atoms with Crippen molar-refractivity contribution in [3.8, 4) is 17.3 Å². The number of nitrogens with one attached hydrogen (secondary N) is 2. The van der Waals surface area contributed by atoms with Crippen molar-refractivity contribution >= 4 is 49.8 Å². The molecule has 0 fully saturated rings. The number of aryl methyl sites for hydroxylation is 1. The van der Waals surface area contributed by atoms with Crippen molar-refractivity contribution in [3.63, 3.8) is 0 Å². The average Bonchev–Trinajstić information content (AvgIpc) is 3.43. The summed E-state index contributed by atoms with van der Waals surface area (Å²) in [4.78, 5) is 20.4. The minimum absolute atomic E-state index is 0.0731. The van der Waals surface area contributed by atoms with Gasteiger partial charge in [-0.15, -0.1) is 0 Å². The summed E-state index contributed by atoms with van der Waals surface area (Å²) in [6, 6.07) is 12.6. The molecule has 0 bridgehead atoms. The van der Waals surface area contributed by atoms with E-state index in [9.17, 15) is 17.6 Å². The molecule has 5 rings (SSSR count). The molecule has 38 heavy (non-hydrogen) atoms. The predicted octanol–water partition coefficient (Wildman–Crippen LogP) is 4.83. The number of aromatic nitrogens is 4. The van der Waals surface area contributed by atoms with E-state index in [-0.39, 0.29) is 22.8 Å². The zero-order valence-electron chi connectivity index (χ0n) is 20.0. The third-order valence-electron chi connectivity index (χ3n) is 5.64. The maximum Gasteiger partial charge on any atom is 0.229 e. The van der Waals surface area contributed by atoms with Crippen molar-refractivity contribution in [3.05, 3.63) is 88.6 Å². The fraction of sp³-hybridized carbons (Fsp3) is 0.0800. The molecular formula is C25H20ClFN6O4S. The number of sulfonamides is 1. The van der Waals surface area contributed by atoms with E-state index in [1.54, 1.807) is 30.3 Å². The highest BCUT2D eigenvalue weighted by molar-refractivity contribution is 7.92. The molecule has 4 N–H and O–H groups in total. The average molecular weight is 555 g/mol. The first-order valence-electron chi connectivity index (χ1n) is 11.1. The van der Waals surface area contributed by atoms with Crippen LogP contribution >= 0.6 is 11.6 Å². The van der Waals surface area contributed by atoms with Crippen LogP contribution in [0.4, 0.5) is 15.9 Å². The standard InChI is InChI=1S/C25H20ClFN6O4S/c1-13-7-23(37-22-6-4-3-5-16(22)26)29-12-21(13)33-25(28)15(11-30-33)24(34)20-9-14-8-19(32-38(2,35)36)17(27)10-18(14)31-20/h3-12,31-32H,28H2,1-2H3. The topological polar surface area (TPSA) is 145 Å². The molecule has 0 aliphatic rings.